The lowest BCUT2D eigenvalue weighted by molar-refractivity contribution is -0.138. The topological polar surface area (TPSA) is 143 Å². The van der Waals surface area contributed by atoms with Crippen molar-refractivity contribution in [3.63, 3.8) is 0 Å². The Labute approximate surface area is 346 Å². The number of aromatic nitrogens is 3. The molecule has 3 saturated heterocycles. The van der Waals surface area contributed by atoms with Gasteiger partial charge < -0.3 is 30.7 Å². The van der Waals surface area contributed by atoms with Crippen molar-refractivity contribution in [2.75, 3.05) is 69.4 Å². The van der Waals surface area contributed by atoms with Gasteiger partial charge in [0, 0.05) is 35.3 Å². The third kappa shape index (κ3) is 7.82. The first-order chi connectivity index (χ1) is 28.9. The Morgan fingerprint density at radius 1 is 1.05 bits per heavy atom. The van der Waals surface area contributed by atoms with Gasteiger partial charge in [-0.25, -0.2) is 18.2 Å². The number of pyridine rings is 1. The van der Waals surface area contributed by atoms with Gasteiger partial charge in [-0.05, 0) is 88.8 Å². The van der Waals surface area contributed by atoms with Crippen LogP contribution in [0.25, 0.3) is 32.1 Å². The van der Waals surface area contributed by atoms with E-state index in [0.29, 0.717) is 35.9 Å². The van der Waals surface area contributed by atoms with Gasteiger partial charge in [-0.1, -0.05) is 18.6 Å². The first kappa shape index (κ1) is 41.6. The minimum atomic E-state index is -5.19. The van der Waals surface area contributed by atoms with Crippen LogP contribution < -0.4 is 25.8 Å². The third-order valence-corrected chi connectivity index (χ3v) is 13.0. The van der Waals surface area contributed by atoms with E-state index in [4.69, 9.17) is 20.9 Å². The maximum absolute atomic E-state index is 17.1. The highest BCUT2D eigenvalue weighted by Crippen LogP contribution is 2.54. The zero-order valence-corrected chi connectivity index (χ0v) is 33.8. The summed E-state index contributed by atoms with van der Waals surface area (Å²) >= 11 is 0.687. The lowest BCUT2D eigenvalue weighted by Gasteiger charge is -2.34. The van der Waals surface area contributed by atoms with Crippen LogP contribution in [-0.2, 0) is 6.18 Å². The van der Waals surface area contributed by atoms with Gasteiger partial charge in [0.05, 0.1) is 35.3 Å². The molecule has 2 unspecified atom stereocenters. The van der Waals surface area contributed by atoms with Crippen LogP contribution in [-0.4, -0.2) is 90.0 Å². The molecule has 0 aliphatic carbocycles. The van der Waals surface area contributed by atoms with Crippen LogP contribution in [0.1, 0.15) is 74.1 Å². The third-order valence-electron chi connectivity index (χ3n) is 12.0. The number of halogens is 6. The summed E-state index contributed by atoms with van der Waals surface area (Å²) in [4.78, 5) is 19.4. The average Bonchev–Trinajstić information content (AvgIpc) is 3.88. The van der Waals surface area contributed by atoms with Crippen LogP contribution >= 0.6 is 11.3 Å². The van der Waals surface area contributed by atoms with Gasteiger partial charge in [0.2, 0.25) is 0 Å². The highest BCUT2D eigenvalue weighted by Gasteiger charge is 2.44. The molecule has 0 saturated carbocycles. The van der Waals surface area contributed by atoms with E-state index in [9.17, 15) is 14.0 Å². The fourth-order valence-corrected chi connectivity index (χ4v) is 10.3. The van der Waals surface area contributed by atoms with Gasteiger partial charge in [0.15, 0.2) is 5.82 Å². The van der Waals surface area contributed by atoms with Crippen molar-refractivity contribution in [2.45, 2.75) is 75.8 Å². The molecule has 2 aromatic carbocycles. The number of nitrogens with two attached hydrogens (primary N) is 2. The molecule has 3 atom stereocenters. The highest BCUT2D eigenvalue weighted by molar-refractivity contribution is 7.23. The number of methoxy groups -OCH3 is 1. The van der Waals surface area contributed by atoms with Gasteiger partial charge in [-0.2, -0.15) is 28.4 Å². The number of fused-ring (bicyclic) bond motifs is 2. The molecule has 9 rings (SSSR count). The molecule has 4 aliphatic rings. The van der Waals surface area contributed by atoms with E-state index in [-0.39, 0.29) is 62.4 Å². The number of likely N-dealkylation sites (tertiary alicyclic amines) is 1. The number of nitriles is 1. The monoisotopic (exact) mass is 853 g/mol. The quantitative estimate of drug-likeness (QED) is 0.145. The molecule has 0 amide bonds. The Morgan fingerprint density at radius 2 is 1.85 bits per heavy atom. The second-order valence-electron chi connectivity index (χ2n) is 15.6. The minimum absolute atomic E-state index is 0.0340. The van der Waals surface area contributed by atoms with Gasteiger partial charge >= 0.3 is 12.2 Å². The zero-order valence-electron chi connectivity index (χ0n) is 33.0. The molecule has 11 nitrogen and oxygen atoms in total. The lowest BCUT2D eigenvalue weighted by Crippen LogP contribution is -2.35. The van der Waals surface area contributed by atoms with Crippen LogP contribution in [0.4, 0.5) is 43.0 Å². The number of anilines is 3. The van der Waals surface area contributed by atoms with Crippen molar-refractivity contribution in [2.24, 2.45) is 0 Å². The summed E-state index contributed by atoms with van der Waals surface area (Å²) in [5.74, 6) is -2.69. The van der Waals surface area contributed by atoms with Gasteiger partial charge in [0.25, 0.3) is 0 Å². The minimum Gasteiger partial charge on any atom is -0.490 e. The van der Waals surface area contributed by atoms with Crippen LogP contribution in [0.15, 0.2) is 30.5 Å². The Morgan fingerprint density at radius 3 is 2.57 bits per heavy atom. The number of rotatable bonds is 8. The molecular formula is C42H45F6N9O2S. The Balaban J connectivity index is 0.000000486. The molecule has 18 heteroatoms. The Bertz CT molecular complexity index is 2420. The van der Waals surface area contributed by atoms with Crippen molar-refractivity contribution in [1.29, 1.82) is 5.26 Å². The molecule has 3 aromatic heterocycles. The molecule has 0 bridgehead atoms. The first-order valence-electron chi connectivity index (χ1n) is 20.2. The number of alkyl halides is 4. The number of hydrogen-bond donors (Lipinski definition) is 2. The van der Waals surface area contributed by atoms with Gasteiger partial charge in [-0.15, -0.1) is 11.3 Å². The molecular weight excluding hydrogens is 809 g/mol. The number of piperidine rings is 1. The van der Waals surface area contributed by atoms with Crippen molar-refractivity contribution in [3.05, 3.63) is 58.8 Å². The Kier molecular flexibility index (Phi) is 11.9. The molecule has 7 heterocycles. The van der Waals surface area contributed by atoms with E-state index < -0.39 is 52.4 Å². The molecule has 60 heavy (non-hydrogen) atoms. The van der Waals surface area contributed by atoms with Crippen molar-refractivity contribution < 1.29 is 35.8 Å². The summed E-state index contributed by atoms with van der Waals surface area (Å²) < 4.78 is 102. The predicted octanol–water partition coefficient (Wildman–Crippen LogP) is 8.65. The van der Waals surface area contributed by atoms with Crippen molar-refractivity contribution >= 4 is 49.0 Å². The summed E-state index contributed by atoms with van der Waals surface area (Å²) in [6.07, 6.45) is 3.84. The smallest absolute Gasteiger partial charge is 0.420 e. The van der Waals surface area contributed by atoms with E-state index >= 15 is 17.6 Å². The highest BCUT2D eigenvalue weighted by atomic mass is 32.1. The summed E-state index contributed by atoms with van der Waals surface area (Å²) in [5.41, 5.74) is 9.44. The largest absolute Gasteiger partial charge is 0.490 e. The second kappa shape index (κ2) is 17.1. The van der Waals surface area contributed by atoms with Crippen LogP contribution in [0.3, 0.4) is 0 Å². The van der Waals surface area contributed by atoms with Gasteiger partial charge in [0.1, 0.15) is 58.1 Å². The average molecular weight is 854 g/mol. The first-order valence-corrected chi connectivity index (χ1v) is 21.0. The molecule has 4 aliphatic heterocycles. The number of nitrogens with zero attached hydrogens (tertiary/aromatic N) is 7. The fraction of sp³-hybridized carbons (Fsp3) is 0.476. The number of hydrogen-bond acceptors (Lipinski definition) is 12. The zero-order chi connectivity index (χ0) is 42.3. The van der Waals surface area contributed by atoms with E-state index in [1.807, 2.05) is 6.07 Å². The number of thiophene rings is 1. The van der Waals surface area contributed by atoms with Crippen molar-refractivity contribution in [1.82, 2.24) is 24.8 Å². The predicted molar refractivity (Wildman–Crippen MR) is 219 cm³/mol. The summed E-state index contributed by atoms with van der Waals surface area (Å²) in [7, 11) is 1.27. The van der Waals surface area contributed by atoms with Crippen LogP contribution in [0.5, 0.6) is 11.8 Å². The lowest BCUT2D eigenvalue weighted by atomic mass is 9.91. The van der Waals surface area contributed by atoms with Crippen LogP contribution in [0, 0.1) is 23.0 Å². The van der Waals surface area contributed by atoms with E-state index in [1.54, 1.807) is 23.2 Å². The Hall–Kier alpha value is -5.12. The molecule has 4 N–H and O–H groups in total. The van der Waals surface area contributed by atoms with E-state index in [0.717, 1.165) is 64.0 Å². The maximum atomic E-state index is 17.1. The summed E-state index contributed by atoms with van der Waals surface area (Å²) in [5, 5.41) is 9.20. The maximum Gasteiger partial charge on any atom is 0.420 e. The summed E-state index contributed by atoms with van der Waals surface area (Å²) in [6, 6.07) is 7.06. The summed E-state index contributed by atoms with van der Waals surface area (Å²) in [6.45, 7) is 4.44. The normalized spacial score (nSPS) is 20.0. The molecule has 3 fully saturated rings. The molecule has 318 valence electrons. The van der Waals surface area contributed by atoms with E-state index in [1.165, 1.54) is 26.4 Å². The number of benzene rings is 2. The number of ether oxygens (including phenoxy) is 2. The van der Waals surface area contributed by atoms with Gasteiger partial charge in [-0.3, -0.25) is 4.90 Å². The second-order valence-corrected chi connectivity index (χ2v) is 16.7. The van der Waals surface area contributed by atoms with E-state index in [2.05, 4.69) is 24.8 Å². The standard InChI is InChI=1S/C35H33F5N8O2S.C7H12FN/c1-49-34-45-28-25-29(26(35(38,39)40)24(27(28)37)19-9-10-21(36)30-23(19)20(17-41)32(43)51-30)50-16-15-48(33(25)46-34)22(18-7-5-11-44-31(18)42)8-6-14-47-12-3-2-4-13-47;8-6-4-7-2-1-3-9(7)5-6/h5,7,9-11,22H,2-4,6,8,12-16,43H2,1H3,(H2,42,44);6-7H,1-5H2/t22-;/m1./s1. The molecule has 5 aromatic rings. The molecule has 0 radical (unpaired) electrons. The van der Waals surface area contributed by atoms with Crippen molar-refractivity contribution in [3.8, 4) is 29.0 Å². The fourth-order valence-electron chi connectivity index (χ4n) is 9.30. The number of nitrogen functional groups attached to an aromatic ring is 2. The SMILES string of the molecule is COc1nc2c3c(c(C(F)(F)F)c(-c4ccc(F)c5sc(N)c(C#N)c45)c(F)c3n1)OCCN2[C@H](CCCN1CCCCC1)c1cccnc1N.FC1CC2CCCN2C1. The molecule has 0 spiro atoms. The van der Waals surface area contributed by atoms with Crippen LogP contribution in [0.2, 0.25) is 0 Å².